The first-order valence-electron chi connectivity index (χ1n) is 3.72. The van der Waals surface area contributed by atoms with Gasteiger partial charge >= 0.3 is 0 Å². The van der Waals surface area contributed by atoms with Crippen LogP contribution in [0.3, 0.4) is 0 Å². The number of aliphatic hydroxyl groups excluding tert-OH is 1. The predicted octanol–water partition coefficient (Wildman–Crippen LogP) is 2.10. The van der Waals surface area contributed by atoms with Crippen LogP contribution in [0.25, 0.3) is 0 Å². The van der Waals surface area contributed by atoms with E-state index in [0.717, 1.165) is 6.07 Å². The normalized spacial score (nSPS) is 12.5. The maximum absolute atomic E-state index is 12.8. The molecule has 2 nitrogen and oxygen atoms in total. The smallest absolute Gasteiger partial charge is 0.142 e. The number of aliphatic hydroxyl groups is 1. The third-order valence-corrected chi connectivity index (χ3v) is 1.95. The van der Waals surface area contributed by atoms with Crippen LogP contribution in [0.5, 0.6) is 0 Å². The molecule has 0 spiro atoms. The molecule has 0 saturated heterocycles. The van der Waals surface area contributed by atoms with Crippen molar-refractivity contribution in [2.75, 3.05) is 0 Å². The highest BCUT2D eigenvalue weighted by molar-refractivity contribution is 6.30. The highest BCUT2D eigenvalue weighted by atomic mass is 35.5. The topological polar surface area (TPSA) is 37.3 Å². The Bertz CT molecular complexity index is 314. The fourth-order valence-corrected chi connectivity index (χ4v) is 1.06. The number of hydrogen-bond donors (Lipinski definition) is 1. The van der Waals surface area contributed by atoms with Gasteiger partial charge in [0.15, 0.2) is 0 Å². The van der Waals surface area contributed by atoms with Gasteiger partial charge in [0.05, 0.1) is 11.1 Å². The number of carbonyl (C=O) groups excluding carboxylic acids is 1. The lowest BCUT2D eigenvalue weighted by Gasteiger charge is -2.07. The summed E-state index contributed by atoms with van der Waals surface area (Å²) in [6, 6.07) is 3.95. The number of carbonyl (C=O) groups is 1. The summed E-state index contributed by atoms with van der Waals surface area (Å²) in [6.45, 7) is 0. The monoisotopic (exact) mass is 202 g/mol. The molecule has 1 aromatic rings. The van der Waals surface area contributed by atoms with Crippen molar-refractivity contribution in [2.24, 2.45) is 0 Å². The molecule has 0 aliphatic carbocycles. The molecule has 0 amide bonds. The zero-order valence-corrected chi connectivity index (χ0v) is 7.46. The van der Waals surface area contributed by atoms with Crippen LogP contribution in [0, 0.1) is 5.82 Å². The molecule has 70 valence electrons. The molecular formula is C9H8ClFO2. The molecular weight excluding hydrogens is 195 g/mol. The van der Waals surface area contributed by atoms with Crippen LogP contribution in [-0.4, -0.2) is 11.4 Å². The molecule has 0 fully saturated rings. The van der Waals surface area contributed by atoms with E-state index in [2.05, 4.69) is 0 Å². The zero-order chi connectivity index (χ0) is 9.84. The van der Waals surface area contributed by atoms with Crippen molar-refractivity contribution in [3.63, 3.8) is 0 Å². The molecule has 4 heteroatoms. The average molecular weight is 203 g/mol. The van der Waals surface area contributed by atoms with Gasteiger partial charge in [0, 0.05) is 6.42 Å². The van der Waals surface area contributed by atoms with Gasteiger partial charge in [0.2, 0.25) is 0 Å². The standard InChI is InChI=1S/C9H8ClFO2/c10-7-2-1-6(5-8(7)11)9(13)3-4-12/h1-2,4-5,9,13H,3H2. The second-order valence-electron chi connectivity index (χ2n) is 2.59. The van der Waals surface area contributed by atoms with E-state index >= 15 is 0 Å². The van der Waals surface area contributed by atoms with E-state index in [-0.39, 0.29) is 11.4 Å². The number of hydrogen-bond acceptors (Lipinski definition) is 2. The number of rotatable bonds is 3. The van der Waals surface area contributed by atoms with Gasteiger partial charge in [0.25, 0.3) is 0 Å². The van der Waals surface area contributed by atoms with Crippen LogP contribution >= 0.6 is 11.6 Å². The Kier molecular flexibility index (Phi) is 3.39. The quantitative estimate of drug-likeness (QED) is 0.763. The average Bonchev–Trinajstić information content (AvgIpc) is 2.10. The molecule has 1 rings (SSSR count). The van der Waals surface area contributed by atoms with Crippen molar-refractivity contribution < 1.29 is 14.3 Å². The summed E-state index contributed by atoms with van der Waals surface area (Å²) in [7, 11) is 0. The fraction of sp³-hybridized carbons (Fsp3) is 0.222. The summed E-state index contributed by atoms with van der Waals surface area (Å²) in [5.74, 6) is -0.593. The number of benzene rings is 1. The molecule has 0 bridgehead atoms. The first kappa shape index (κ1) is 10.2. The Morgan fingerprint density at radius 3 is 2.85 bits per heavy atom. The Balaban J connectivity index is 2.89. The van der Waals surface area contributed by atoms with E-state index in [4.69, 9.17) is 11.6 Å². The van der Waals surface area contributed by atoms with Gasteiger partial charge in [-0.2, -0.15) is 0 Å². The van der Waals surface area contributed by atoms with Crippen molar-refractivity contribution in [3.8, 4) is 0 Å². The van der Waals surface area contributed by atoms with Crippen LogP contribution in [0.4, 0.5) is 4.39 Å². The summed E-state index contributed by atoms with van der Waals surface area (Å²) >= 11 is 5.44. The zero-order valence-electron chi connectivity index (χ0n) is 6.71. The van der Waals surface area contributed by atoms with Gasteiger partial charge in [0.1, 0.15) is 12.1 Å². The largest absolute Gasteiger partial charge is 0.388 e. The molecule has 0 saturated carbocycles. The molecule has 1 unspecified atom stereocenters. The second-order valence-corrected chi connectivity index (χ2v) is 3.00. The molecule has 1 atom stereocenters. The summed E-state index contributed by atoms with van der Waals surface area (Å²) in [4.78, 5) is 10.1. The minimum Gasteiger partial charge on any atom is -0.388 e. The van der Waals surface area contributed by atoms with Crippen LogP contribution in [0.2, 0.25) is 5.02 Å². The molecule has 13 heavy (non-hydrogen) atoms. The fourth-order valence-electron chi connectivity index (χ4n) is 0.947. The van der Waals surface area contributed by atoms with E-state index in [1.807, 2.05) is 0 Å². The Morgan fingerprint density at radius 1 is 1.62 bits per heavy atom. The third-order valence-electron chi connectivity index (χ3n) is 1.65. The van der Waals surface area contributed by atoms with Crippen molar-refractivity contribution in [1.82, 2.24) is 0 Å². The first-order chi connectivity index (χ1) is 6.15. The predicted molar refractivity (Wildman–Crippen MR) is 47.1 cm³/mol. The Hall–Kier alpha value is -0.930. The highest BCUT2D eigenvalue weighted by Crippen LogP contribution is 2.21. The van der Waals surface area contributed by atoms with Gasteiger partial charge < -0.3 is 9.90 Å². The van der Waals surface area contributed by atoms with Crippen molar-refractivity contribution in [1.29, 1.82) is 0 Å². The van der Waals surface area contributed by atoms with Crippen molar-refractivity contribution in [3.05, 3.63) is 34.6 Å². The van der Waals surface area contributed by atoms with Gasteiger partial charge in [-0.25, -0.2) is 4.39 Å². The third kappa shape index (κ3) is 2.50. The minimum absolute atomic E-state index is 0.00190. The van der Waals surface area contributed by atoms with Gasteiger partial charge in [-0.15, -0.1) is 0 Å². The van der Waals surface area contributed by atoms with Crippen LogP contribution in [0.1, 0.15) is 18.1 Å². The molecule has 1 N–H and O–H groups in total. The maximum atomic E-state index is 12.8. The molecule has 0 aromatic heterocycles. The van der Waals surface area contributed by atoms with Crippen molar-refractivity contribution >= 4 is 17.9 Å². The summed E-state index contributed by atoms with van der Waals surface area (Å²) in [5, 5.41) is 9.30. The van der Waals surface area contributed by atoms with Gasteiger partial charge in [-0.05, 0) is 17.7 Å². The van der Waals surface area contributed by atoms with E-state index < -0.39 is 11.9 Å². The van der Waals surface area contributed by atoms with Gasteiger partial charge in [-0.3, -0.25) is 0 Å². The molecule has 1 aromatic carbocycles. The second kappa shape index (κ2) is 4.35. The number of aldehydes is 1. The summed E-state index contributed by atoms with van der Waals surface area (Å²) in [6.07, 6.45) is -0.414. The van der Waals surface area contributed by atoms with Gasteiger partial charge in [-0.1, -0.05) is 17.7 Å². The van der Waals surface area contributed by atoms with Crippen LogP contribution in [-0.2, 0) is 4.79 Å². The highest BCUT2D eigenvalue weighted by Gasteiger charge is 2.08. The van der Waals surface area contributed by atoms with E-state index in [1.54, 1.807) is 0 Å². The SMILES string of the molecule is O=CCC(O)c1ccc(Cl)c(F)c1. The minimum atomic E-state index is -0.954. The van der Waals surface area contributed by atoms with E-state index in [0.29, 0.717) is 11.8 Å². The van der Waals surface area contributed by atoms with Crippen LogP contribution < -0.4 is 0 Å². The van der Waals surface area contributed by atoms with E-state index in [1.165, 1.54) is 12.1 Å². The summed E-state index contributed by atoms with van der Waals surface area (Å²) < 4.78 is 12.8. The maximum Gasteiger partial charge on any atom is 0.142 e. The lowest BCUT2D eigenvalue weighted by Crippen LogP contribution is -1.98. The van der Waals surface area contributed by atoms with E-state index in [9.17, 15) is 14.3 Å². The summed E-state index contributed by atoms with van der Waals surface area (Å²) in [5.41, 5.74) is 0.356. The number of halogens is 2. The lowest BCUT2D eigenvalue weighted by molar-refractivity contribution is -0.109. The Labute approximate surface area is 80.0 Å². The van der Waals surface area contributed by atoms with Crippen molar-refractivity contribution in [2.45, 2.75) is 12.5 Å². The van der Waals surface area contributed by atoms with Crippen LogP contribution in [0.15, 0.2) is 18.2 Å². The molecule has 0 radical (unpaired) electrons. The molecule has 0 aliphatic heterocycles. The molecule has 0 aliphatic rings. The molecule has 0 heterocycles. The first-order valence-corrected chi connectivity index (χ1v) is 4.09. The Morgan fingerprint density at radius 2 is 2.31 bits per heavy atom. The lowest BCUT2D eigenvalue weighted by atomic mass is 10.1.